The summed E-state index contributed by atoms with van der Waals surface area (Å²) in [5.41, 5.74) is 0. The van der Waals surface area contributed by atoms with Gasteiger partial charge in [0.1, 0.15) is 0 Å². The number of rotatable bonds is 6. The molecule has 2 nitrogen and oxygen atoms in total. The first-order valence-electron chi connectivity index (χ1n) is 5.47. The third-order valence-electron chi connectivity index (χ3n) is 2.43. The van der Waals surface area contributed by atoms with Crippen molar-refractivity contribution >= 4 is 23.1 Å². The summed E-state index contributed by atoms with van der Waals surface area (Å²) in [6.07, 6.45) is 6.94. The maximum atomic E-state index is 4.03. The van der Waals surface area contributed by atoms with Crippen molar-refractivity contribution in [1.82, 2.24) is 9.55 Å². The second-order valence-corrected chi connectivity index (χ2v) is 6.11. The van der Waals surface area contributed by atoms with Crippen LogP contribution in [0.1, 0.15) is 23.5 Å². The lowest BCUT2D eigenvalue weighted by Gasteiger charge is -2.08. The van der Waals surface area contributed by atoms with E-state index < -0.39 is 0 Å². The Morgan fingerprint density at radius 3 is 3.19 bits per heavy atom. The lowest BCUT2D eigenvalue weighted by Crippen LogP contribution is -1.96. The lowest BCUT2D eigenvalue weighted by atomic mass is 10.4. The molecule has 4 heteroatoms. The Labute approximate surface area is 105 Å². The van der Waals surface area contributed by atoms with Crippen LogP contribution in [0, 0.1) is 0 Å². The van der Waals surface area contributed by atoms with Crippen LogP contribution >= 0.6 is 23.1 Å². The Morgan fingerprint density at radius 1 is 1.56 bits per heavy atom. The summed E-state index contributed by atoms with van der Waals surface area (Å²) in [6, 6.07) is 4.35. The Hall–Kier alpha value is -0.740. The van der Waals surface area contributed by atoms with E-state index in [0.717, 1.165) is 6.54 Å². The van der Waals surface area contributed by atoms with Gasteiger partial charge in [-0.3, -0.25) is 0 Å². The fourth-order valence-corrected chi connectivity index (χ4v) is 3.46. The van der Waals surface area contributed by atoms with Crippen molar-refractivity contribution in [2.75, 3.05) is 5.75 Å². The molecular formula is C12H16N2S2. The van der Waals surface area contributed by atoms with Gasteiger partial charge in [0.25, 0.3) is 0 Å². The van der Waals surface area contributed by atoms with Gasteiger partial charge in [0.15, 0.2) is 0 Å². The van der Waals surface area contributed by atoms with Crippen molar-refractivity contribution in [1.29, 1.82) is 0 Å². The van der Waals surface area contributed by atoms with Gasteiger partial charge in [-0.2, -0.15) is 11.8 Å². The molecular weight excluding hydrogens is 236 g/mol. The highest BCUT2D eigenvalue weighted by Gasteiger charge is 2.05. The summed E-state index contributed by atoms with van der Waals surface area (Å²) in [4.78, 5) is 5.51. The highest BCUT2D eigenvalue weighted by atomic mass is 32.2. The average Bonchev–Trinajstić information content (AvgIpc) is 2.96. The first-order valence-corrected chi connectivity index (χ1v) is 7.40. The molecule has 1 unspecified atom stereocenters. The summed E-state index contributed by atoms with van der Waals surface area (Å²) in [5, 5.41) is 2.78. The highest BCUT2D eigenvalue weighted by Crippen LogP contribution is 2.31. The monoisotopic (exact) mass is 252 g/mol. The molecule has 0 aromatic carbocycles. The van der Waals surface area contributed by atoms with Crippen LogP contribution in [0.2, 0.25) is 0 Å². The van der Waals surface area contributed by atoms with Gasteiger partial charge >= 0.3 is 0 Å². The Bertz CT molecular complexity index is 381. The molecule has 0 amide bonds. The maximum absolute atomic E-state index is 4.03. The predicted molar refractivity (Wildman–Crippen MR) is 72.0 cm³/mol. The van der Waals surface area contributed by atoms with E-state index in [1.54, 1.807) is 0 Å². The molecule has 2 heterocycles. The van der Waals surface area contributed by atoms with E-state index in [-0.39, 0.29) is 0 Å². The summed E-state index contributed by atoms with van der Waals surface area (Å²) < 4.78 is 2.14. The van der Waals surface area contributed by atoms with Gasteiger partial charge in [-0.15, -0.1) is 11.3 Å². The van der Waals surface area contributed by atoms with Gasteiger partial charge < -0.3 is 4.57 Å². The van der Waals surface area contributed by atoms with Crippen LogP contribution in [0.15, 0.2) is 36.2 Å². The third kappa shape index (κ3) is 3.39. The summed E-state index contributed by atoms with van der Waals surface area (Å²) in [6.45, 7) is 3.36. The topological polar surface area (TPSA) is 17.8 Å². The van der Waals surface area contributed by atoms with Crippen molar-refractivity contribution in [3.05, 3.63) is 41.1 Å². The molecule has 0 saturated heterocycles. The number of hydrogen-bond donors (Lipinski definition) is 0. The van der Waals surface area contributed by atoms with Crippen LogP contribution in [0.5, 0.6) is 0 Å². The first-order chi connectivity index (χ1) is 7.86. The second-order valence-electron chi connectivity index (χ2n) is 3.68. The molecule has 86 valence electrons. The van der Waals surface area contributed by atoms with E-state index in [1.165, 1.54) is 17.1 Å². The first kappa shape index (κ1) is 11.7. The Balaban J connectivity index is 1.65. The number of imidazole rings is 1. The highest BCUT2D eigenvalue weighted by molar-refractivity contribution is 7.99. The smallest absolute Gasteiger partial charge is 0.0945 e. The number of nitrogens with zero attached hydrogens (tertiary/aromatic N) is 2. The molecule has 2 aromatic rings. The van der Waals surface area contributed by atoms with Crippen LogP contribution in [0.3, 0.4) is 0 Å². The normalized spacial score (nSPS) is 12.8. The van der Waals surface area contributed by atoms with E-state index in [0.29, 0.717) is 5.25 Å². The molecule has 0 saturated carbocycles. The van der Waals surface area contributed by atoms with Crippen LogP contribution in [0.4, 0.5) is 0 Å². The molecule has 0 bridgehead atoms. The van der Waals surface area contributed by atoms with E-state index in [2.05, 4.69) is 34.0 Å². The van der Waals surface area contributed by atoms with Gasteiger partial charge in [-0.25, -0.2) is 4.98 Å². The molecule has 0 fully saturated rings. The lowest BCUT2D eigenvalue weighted by molar-refractivity contribution is 0.683. The van der Waals surface area contributed by atoms with E-state index in [4.69, 9.17) is 0 Å². The van der Waals surface area contributed by atoms with Crippen LogP contribution in [-0.4, -0.2) is 15.3 Å². The minimum absolute atomic E-state index is 0.628. The molecule has 0 radical (unpaired) electrons. The van der Waals surface area contributed by atoms with Crippen molar-refractivity contribution in [3.8, 4) is 0 Å². The van der Waals surface area contributed by atoms with Crippen LogP contribution in [0.25, 0.3) is 0 Å². The zero-order chi connectivity index (χ0) is 11.2. The van der Waals surface area contributed by atoms with E-state index in [1.807, 2.05) is 41.8 Å². The molecule has 0 aliphatic heterocycles. The third-order valence-corrected chi connectivity index (χ3v) is 4.91. The minimum Gasteiger partial charge on any atom is -0.337 e. The average molecular weight is 252 g/mol. The minimum atomic E-state index is 0.628. The quantitative estimate of drug-likeness (QED) is 0.727. The number of aromatic nitrogens is 2. The summed E-state index contributed by atoms with van der Waals surface area (Å²) >= 11 is 3.88. The van der Waals surface area contributed by atoms with Gasteiger partial charge in [-0.1, -0.05) is 6.07 Å². The number of thioether (sulfide) groups is 1. The molecule has 0 spiro atoms. The SMILES string of the molecule is CC(SCCCn1ccnc1)c1cccs1. The fraction of sp³-hybridized carbons (Fsp3) is 0.417. The summed E-state index contributed by atoms with van der Waals surface area (Å²) in [7, 11) is 0. The predicted octanol–water partition coefficient (Wildman–Crippen LogP) is 3.83. The van der Waals surface area contributed by atoms with Gasteiger partial charge in [-0.05, 0) is 30.5 Å². The van der Waals surface area contributed by atoms with Crippen LogP contribution < -0.4 is 0 Å². The van der Waals surface area contributed by atoms with Gasteiger partial charge in [0.05, 0.1) is 6.33 Å². The van der Waals surface area contributed by atoms with Crippen LogP contribution in [-0.2, 0) is 6.54 Å². The molecule has 1 atom stereocenters. The zero-order valence-corrected chi connectivity index (χ0v) is 11.0. The van der Waals surface area contributed by atoms with E-state index >= 15 is 0 Å². The largest absolute Gasteiger partial charge is 0.337 e. The standard InChI is InChI=1S/C12H16N2S2/c1-11(12-4-2-8-16-12)15-9-3-6-14-7-5-13-10-14/h2,4-5,7-8,10-11H,3,6,9H2,1H3. The summed E-state index contributed by atoms with van der Waals surface area (Å²) in [5.74, 6) is 1.21. The molecule has 0 aliphatic rings. The van der Waals surface area contributed by atoms with Gasteiger partial charge in [0, 0.05) is 29.1 Å². The fourth-order valence-electron chi connectivity index (χ4n) is 1.53. The molecule has 2 aromatic heterocycles. The van der Waals surface area contributed by atoms with Crippen molar-refractivity contribution < 1.29 is 0 Å². The molecule has 2 rings (SSSR count). The van der Waals surface area contributed by atoms with Crippen molar-refractivity contribution in [3.63, 3.8) is 0 Å². The maximum Gasteiger partial charge on any atom is 0.0945 e. The van der Waals surface area contributed by atoms with Crippen molar-refractivity contribution in [2.45, 2.75) is 25.1 Å². The van der Waals surface area contributed by atoms with E-state index in [9.17, 15) is 0 Å². The molecule has 0 aliphatic carbocycles. The second kappa shape index (κ2) is 6.11. The molecule has 16 heavy (non-hydrogen) atoms. The number of hydrogen-bond acceptors (Lipinski definition) is 3. The van der Waals surface area contributed by atoms with Crippen molar-refractivity contribution in [2.24, 2.45) is 0 Å². The molecule has 0 N–H and O–H groups in total. The number of thiophene rings is 1. The Kier molecular flexibility index (Phi) is 4.48. The van der Waals surface area contributed by atoms with Gasteiger partial charge in [0.2, 0.25) is 0 Å². The zero-order valence-electron chi connectivity index (χ0n) is 9.37. The number of aryl methyl sites for hydroxylation is 1. The Morgan fingerprint density at radius 2 is 2.50 bits per heavy atom.